The Morgan fingerprint density at radius 3 is 2.44 bits per heavy atom. The summed E-state index contributed by atoms with van der Waals surface area (Å²) in [5.41, 5.74) is 3.27. The zero-order chi connectivity index (χ0) is 17.8. The SMILES string of the molecule is Cc1ccccc1[C@@H](CC(=O)c1ccc(=O)[nH]n1)c1ccc(Br)cc1. The second kappa shape index (κ2) is 7.57. The summed E-state index contributed by atoms with van der Waals surface area (Å²) < 4.78 is 0.994. The van der Waals surface area contributed by atoms with Gasteiger partial charge in [-0.2, -0.15) is 5.10 Å². The summed E-state index contributed by atoms with van der Waals surface area (Å²) in [4.78, 5) is 23.8. The molecule has 25 heavy (non-hydrogen) atoms. The monoisotopic (exact) mass is 396 g/mol. The first-order valence-electron chi connectivity index (χ1n) is 7.94. The number of hydrogen-bond donors (Lipinski definition) is 1. The van der Waals surface area contributed by atoms with E-state index in [9.17, 15) is 9.59 Å². The summed E-state index contributed by atoms with van der Waals surface area (Å²) >= 11 is 3.45. The minimum atomic E-state index is -0.320. The van der Waals surface area contributed by atoms with E-state index in [2.05, 4.69) is 32.2 Å². The Balaban J connectivity index is 1.98. The average molecular weight is 397 g/mol. The number of benzene rings is 2. The smallest absolute Gasteiger partial charge is 0.264 e. The van der Waals surface area contributed by atoms with Crippen molar-refractivity contribution >= 4 is 21.7 Å². The van der Waals surface area contributed by atoms with Crippen molar-refractivity contribution in [3.05, 3.63) is 97.9 Å². The van der Waals surface area contributed by atoms with E-state index < -0.39 is 0 Å². The average Bonchev–Trinajstić information content (AvgIpc) is 2.62. The predicted octanol–water partition coefficient (Wildman–Crippen LogP) is 4.25. The number of ketones is 1. The Morgan fingerprint density at radius 1 is 1.08 bits per heavy atom. The van der Waals surface area contributed by atoms with Crippen LogP contribution in [0.15, 0.2) is 69.9 Å². The van der Waals surface area contributed by atoms with Crippen molar-refractivity contribution in [2.75, 3.05) is 0 Å². The van der Waals surface area contributed by atoms with Gasteiger partial charge in [-0.3, -0.25) is 9.59 Å². The third-order valence-electron chi connectivity index (χ3n) is 4.19. The fourth-order valence-electron chi connectivity index (χ4n) is 2.87. The Labute approximate surface area is 154 Å². The summed E-state index contributed by atoms with van der Waals surface area (Å²) in [5, 5.41) is 6.18. The van der Waals surface area contributed by atoms with Gasteiger partial charge in [0, 0.05) is 22.9 Å². The molecule has 1 atom stereocenters. The van der Waals surface area contributed by atoms with Crippen molar-refractivity contribution in [2.24, 2.45) is 0 Å². The molecule has 0 radical (unpaired) electrons. The summed E-state index contributed by atoms with van der Waals surface area (Å²) in [5.74, 6) is -0.178. The molecule has 126 valence electrons. The standard InChI is InChI=1S/C20H17BrN2O2/c1-13-4-2-3-5-16(13)17(14-6-8-15(21)9-7-14)12-19(24)18-10-11-20(25)23-22-18/h2-11,17H,12H2,1H3,(H,23,25)/t17-/m0/s1. The molecule has 0 fully saturated rings. The second-order valence-corrected chi connectivity index (χ2v) is 6.81. The molecule has 2 aromatic carbocycles. The molecule has 5 heteroatoms. The molecule has 0 aliphatic rings. The number of aryl methyl sites for hydroxylation is 1. The number of aromatic nitrogens is 2. The van der Waals surface area contributed by atoms with Crippen LogP contribution in [-0.2, 0) is 0 Å². The van der Waals surface area contributed by atoms with Crippen molar-refractivity contribution < 1.29 is 4.79 Å². The van der Waals surface area contributed by atoms with Crippen molar-refractivity contribution in [1.82, 2.24) is 10.2 Å². The molecule has 3 aromatic rings. The van der Waals surface area contributed by atoms with Gasteiger partial charge in [0.2, 0.25) is 0 Å². The molecule has 0 aliphatic heterocycles. The molecule has 1 N–H and O–H groups in total. The van der Waals surface area contributed by atoms with Crippen LogP contribution in [-0.4, -0.2) is 16.0 Å². The van der Waals surface area contributed by atoms with E-state index in [0.29, 0.717) is 0 Å². The topological polar surface area (TPSA) is 62.8 Å². The lowest BCUT2D eigenvalue weighted by atomic mass is 9.84. The van der Waals surface area contributed by atoms with E-state index in [4.69, 9.17) is 0 Å². The molecule has 1 aromatic heterocycles. The van der Waals surface area contributed by atoms with Gasteiger partial charge in [0.1, 0.15) is 5.69 Å². The van der Waals surface area contributed by atoms with Gasteiger partial charge >= 0.3 is 0 Å². The molecular weight excluding hydrogens is 380 g/mol. The van der Waals surface area contributed by atoms with Crippen LogP contribution in [0.1, 0.15) is 39.5 Å². The first-order valence-corrected chi connectivity index (χ1v) is 8.74. The van der Waals surface area contributed by atoms with E-state index in [1.807, 2.05) is 49.4 Å². The number of hydrogen-bond acceptors (Lipinski definition) is 3. The van der Waals surface area contributed by atoms with Gasteiger partial charge in [-0.25, -0.2) is 5.10 Å². The van der Waals surface area contributed by atoms with Gasteiger partial charge in [0.25, 0.3) is 5.56 Å². The largest absolute Gasteiger partial charge is 0.292 e. The highest BCUT2D eigenvalue weighted by Gasteiger charge is 2.21. The van der Waals surface area contributed by atoms with Gasteiger partial charge in [0.15, 0.2) is 5.78 Å². The van der Waals surface area contributed by atoms with Crippen LogP contribution in [0.5, 0.6) is 0 Å². The van der Waals surface area contributed by atoms with Gasteiger partial charge in [-0.15, -0.1) is 0 Å². The lowest BCUT2D eigenvalue weighted by molar-refractivity contribution is 0.0971. The highest BCUT2D eigenvalue weighted by Crippen LogP contribution is 2.32. The van der Waals surface area contributed by atoms with Crippen molar-refractivity contribution in [3.8, 4) is 0 Å². The van der Waals surface area contributed by atoms with Crippen LogP contribution in [0.3, 0.4) is 0 Å². The third-order valence-corrected chi connectivity index (χ3v) is 4.72. The van der Waals surface area contributed by atoms with Gasteiger partial charge in [-0.05, 0) is 41.8 Å². The maximum atomic E-state index is 12.7. The Hall–Kier alpha value is -2.53. The number of carbonyl (C=O) groups is 1. The van der Waals surface area contributed by atoms with Gasteiger partial charge in [-0.1, -0.05) is 52.3 Å². The van der Waals surface area contributed by atoms with Gasteiger partial charge < -0.3 is 0 Å². The first-order chi connectivity index (χ1) is 12.0. The zero-order valence-electron chi connectivity index (χ0n) is 13.7. The Kier molecular flexibility index (Phi) is 5.24. The number of H-pyrrole nitrogens is 1. The third kappa shape index (κ3) is 4.12. The number of halogens is 1. The predicted molar refractivity (Wildman–Crippen MR) is 101 cm³/mol. The molecule has 0 spiro atoms. The fourth-order valence-corrected chi connectivity index (χ4v) is 3.13. The molecule has 0 aliphatic carbocycles. The van der Waals surface area contributed by atoms with Crippen LogP contribution in [0, 0.1) is 6.92 Å². The first kappa shape index (κ1) is 17.3. The number of Topliss-reactive ketones (excluding diaryl/α,β-unsaturated/α-hetero) is 1. The molecule has 1 heterocycles. The quantitative estimate of drug-likeness (QED) is 0.655. The molecule has 0 saturated heterocycles. The number of nitrogens with one attached hydrogen (secondary N) is 1. The normalized spacial score (nSPS) is 11.9. The van der Waals surface area contributed by atoms with Crippen LogP contribution in [0.25, 0.3) is 0 Å². The molecule has 0 saturated carbocycles. The molecule has 0 unspecified atom stereocenters. The van der Waals surface area contributed by atoms with Crippen LogP contribution < -0.4 is 5.56 Å². The number of aromatic amines is 1. The van der Waals surface area contributed by atoms with Gasteiger partial charge in [0.05, 0.1) is 0 Å². The highest BCUT2D eigenvalue weighted by molar-refractivity contribution is 9.10. The maximum absolute atomic E-state index is 12.7. The van der Waals surface area contributed by atoms with Crippen LogP contribution >= 0.6 is 15.9 Å². The minimum absolute atomic E-state index is 0.0736. The molecular formula is C20H17BrN2O2. The van der Waals surface area contributed by atoms with E-state index >= 15 is 0 Å². The molecule has 4 nitrogen and oxygen atoms in total. The number of nitrogens with zero attached hydrogens (tertiary/aromatic N) is 1. The van der Waals surface area contributed by atoms with Crippen molar-refractivity contribution in [2.45, 2.75) is 19.3 Å². The van der Waals surface area contributed by atoms with Crippen LogP contribution in [0.2, 0.25) is 0 Å². The highest BCUT2D eigenvalue weighted by atomic mass is 79.9. The van der Waals surface area contributed by atoms with E-state index in [0.717, 1.165) is 21.2 Å². The molecule has 0 amide bonds. The number of carbonyl (C=O) groups excluding carboxylic acids is 1. The maximum Gasteiger partial charge on any atom is 0.264 e. The lowest BCUT2D eigenvalue weighted by Crippen LogP contribution is -2.15. The van der Waals surface area contributed by atoms with E-state index in [-0.39, 0.29) is 29.4 Å². The summed E-state index contributed by atoms with van der Waals surface area (Å²) in [6.45, 7) is 2.05. The van der Waals surface area contributed by atoms with Crippen molar-refractivity contribution in [1.29, 1.82) is 0 Å². The fraction of sp³-hybridized carbons (Fsp3) is 0.150. The summed E-state index contributed by atoms with van der Waals surface area (Å²) in [7, 11) is 0. The van der Waals surface area contributed by atoms with E-state index in [1.165, 1.54) is 12.1 Å². The number of rotatable bonds is 5. The Morgan fingerprint density at radius 2 is 1.80 bits per heavy atom. The molecule has 3 rings (SSSR count). The van der Waals surface area contributed by atoms with Crippen LogP contribution in [0.4, 0.5) is 0 Å². The zero-order valence-corrected chi connectivity index (χ0v) is 15.3. The molecule has 0 bridgehead atoms. The van der Waals surface area contributed by atoms with Crippen molar-refractivity contribution in [3.63, 3.8) is 0 Å². The summed E-state index contributed by atoms with van der Waals surface area (Å²) in [6.07, 6.45) is 0.283. The second-order valence-electron chi connectivity index (χ2n) is 5.89. The Bertz CT molecular complexity index is 928. The lowest BCUT2D eigenvalue weighted by Gasteiger charge is -2.19. The summed E-state index contributed by atoms with van der Waals surface area (Å²) in [6, 6.07) is 18.9. The minimum Gasteiger partial charge on any atom is -0.292 e. The van der Waals surface area contributed by atoms with E-state index in [1.54, 1.807) is 0 Å².